The second-order valence-electron chi connectivity index (χ2n) is 6.06. The highest BCUT2D eigenvalue weighted by atomic mass is 16.7. The monoisotopic (exact) mass is 319 g/mol. The Bertz CT molecular complexity index is 590. The predicted molar refractivity (Wildman–Crippen MR) is 90.7 cm³/mol. The number of carbonyl (C=O) groups excluding carboxylic acids is 2. The van der Waals surface area contributed by atoms with Crippen LogP contribution in [-0.4, -0.2) is 17.7 Å². The molecule has 23 heavy (non-hydrogen) atoms. The molecule has 0 saturated carbocycles. The van der Waals surface area contributed by atoms with E-state index in [1.807, 2.05) is 6.07 Å². The van der Waals surface area contributed by atoms with Crippen molar-refractivity contribution in [2.24, 2.45) is 0 Å². The zero-order valence-corrected chi connectivity index (χ0v) is 14.2. The van der Waals surface area contributed by atoms with Crippen molar-refractivity contribution in [3.8, 4) is 0 Å². The lowest BCUT2D eigenvalue weighted by Crippen LogP contribution is -2.29. The second-order valence-corrected chi connectivity index (χ2v) is 6.06. The fourth-order valence-corrected chi connectivity index (χ4v) is 1.99. The number of para-hydroxylation sites is 1. The molecule has 0 amide bonds. The van der Waals surface area contributed by atoms with Gasteiger partial charge < -0.3 is 15.2 Å². The minimum absolute atomic E-state index is 0.270. The summed E-state index contributed by atoms with van der Waals surface area (Å²) in [5.74, 6) is -0.746. The van der Waals surface area contributed by atoms with Crippen molar-refractivity contribution in [2.75, 3.05) is 5.73 Å². The topological polar surface area (TPSA) is 78.6 Å². The van der Waals surface area contributed by atoms with Gasteiger partial charge in [-0.25, -0.2) is 9.59 Å². The van der Waals surface area contributed by atoms with Gasteiger partial charge in [0, 0.05) is 11.3 Å². The summed E-state index contributed by atoms with van der Waals surface area (Å²) in [5, 5.41) is 0. The van der Waals surface area contributed by atoms with Gasteiger partial charge >= 0.3 is 12.1 Å². The number of carbonyl (C=O) groups is 2. The lowest BCUT2D eigenvalue weighted by Gasteiger charge is -2.23. The molecule has 2 N–H and O–H groups in total. The van der Waals surface area contributed by atoms with Crippen LogP contribution >= 0.6 is 0 Å². The van der Waals surface area contributed by atoms with Crippen molar-refractivity contribution in [1.29, 1.82) is 0 Å². The second kappa shape index (κ2) is 8.36. The van der Waals surface area contributed by atoms with Gasteiger partial charge in [0.1, 0.15) is 5.60 Å². The molecule has 0 fully saturated rings. The molecule has 5 heteroatoms. The Morgan fingerprint density at radius 1 is 1.26 bits per heavy atom. The molecule has 0 bridgehead atoms. The molecule has 0 aliphatic heterocycles. The fraction of sp³-hybridized carbons (Fsp3) is 0.444. The minimum atomic E-state index is -0.982. The number of rotatable bonds is 6. The number of ether oxygens (including phenoxy) is 2. The van der Waals surface area contributed by atoms with Crippen LogP contribution < -0.4 is 5.73 Å². The number of anilines is 1. The largest absolute Gasteiger partial charge is 0.516 e. The van der Waals surface area contributed by atoms with Crippen molar-refractivity contribution < 1.29 is 19.1 Å². The number of hydrogen-bond acceptors (Lipinski definition) is 5. The molecule has 0 radical (unpaired) electrons. The van der Waals surface area contributed by atoms with Gasteiger partial charge in [0.05, 0.1) is 0 Å². The molecule has 1 aromatic rings. The summed E-state index contributed by atoms with van der Waals surface area (Å²) < 4.78 is 9.93. The van der Waals surface area contributed by atoms with E-state index in [-0.39, 0.29) is 5.57 Å². The van der Waals surface area contributed by atoms with E-state index in [4.69, 9.17) is 15.2 Å². The molecule has 0 atom stereocenters. The van der Waals surface area contributed by atoms with Crippen LogP contribution in [0.15, 0.2) is 29.8 Å². The summed E-state index contributed by atoms with van der Waals surface area (Å²) >= 11 is 0. The first-order valence-electron chi connectivity index (χ1n) is 7.73. The fourth-order valence-electron chi connectivity index (χ4n) is 1.99. The van der Waals surface area contributed by atoms with Crippen LogP contribution in [0.2, 0.25) is 0 Å². The molecule has 5 nitrogen and oxygen atoms in total. The third kappa shape index (κ3) is 6.55. The Hall–Kier alpha value is -2.30. The first-order chi connectivity index (χ1) is 10.7. The predicted octanol–water partition coefficient (Wildman–Crippen LogP) is 4.32. The highest BCUT2D eigenvalue weighted by Gasteiger charge is 2.25. The van der Waals surface area contributed by atoms with E-state index in [9.17, 15) is 9.59 Å². The highest BCUT2D eigenvalue weighted by molar-refractivity contribution is 5.98. The standard InChI is InChI=1S/C18H25NO4/c1-5-6-11-18(3,4)23-17(21)22-16(20)13(2)12-14-9-7-8-10-15(14)19/h7-10,12H,5-6,11,19H2,1-4H3. The molecule has 0 saturated heterocycles. The van der Waals surface area contributed by atoms with Crippen LogP contribution in [0.1, 0.15) is 52.5 Å². The van der Waals surface area contributed by atoms with Crippen LogP contribution in [-0.2, 0) is 14.3 Å². The summed E-state index contributed by atoms with van der Waals surface area (Å²) in [7, 11) is 0. The van der Waals surface area contributed by atoms with Crippen LogP contribution in [0.3, 0.4) is 0 Å². The zero-order chi connectivity index (χ0) is 17.5. The summed E-state index contributed by atoms with van der Waals surface area (Å²) in [6, 6.07) is 7.12. The molecule has 1 rings (SSSR count). The Kier molecular flexibility index (Phi) is 6.82. The van der Waals surface area contributed by atoms with E-state index in [1.54, 1.807) is 45.0 Å². The summed E-state index contributed by atoms with van der Waals surface area (Å²) in [6.07, 6.45) is 3.24. The van der Waals surface area contributed by atoms with Crippen molar-refractivity contribution in [2.45, 2.75) is 52.6 Å². The summed E-state index contributed by atoms with van der Waals surface area (Å²) in [5.41, 5.74) is 6.66. The van der Waals surface area contributed by atoms with Gasteiger partial charge in [-0.1, -0.05) is 31.5 Å². The molecule has 0 heterocycles. The molecule has 0 aromatic heterocycles. The molecule has 126 valence electrons. The van der Waals surface area contributed by atoms with Gasteiger partial charge in [0.15, 0.2) is 0 Å². The summed E-state index contributed by atoms with van der Waals surface area (Å²) in [6.45, 7) is 7.20. The lowest BCUT2D eigenvalue weighted by molar-refractivity contribution is -0.137. The van der Waals surface area contributed by atoms with E-state index in [2.05, 4.69) is 6.92 Å². The van der Waals surface area contributed by atoms with Gasteiger partial charge in [-0.2, -0.15) is 0 Å². The Labute approximate surface area is 137 Å². The molecule has 0 aliphatic rings. The number of nitrogens with two attached hydrogens (primary N) is 1. The first kappa shape index (κ1) is 18.7. The molecule has 0 aliphatic carbocycles. The van der Waals surface area contributed by atoms with Crippen LogP contribution in [0.5, 0.6) is 0 Å². The highest BCUT2D eigenvalue weighted by Crippen LogP contribution is 2.19. The number of benzene rings is 1. The third-order valence-corrected chi connectivity index (χ3v) is 3.36. The van der Waals surface area contributed by atoms with E-state index < -0.39 is 17.7 Å². The third-order valence-electron chi connectivity index (χ3n) is 3.36. The molecular weight excluding hydrogens is 294 g/mol. The molecule has 1 aromatic carbocycles. The number of esters is 1. The zero-order valence-electron chi connectivity index (χ0n) is 14.2. The van der Waals surface area contributed by atoms with Gasteiger partial charge in [-0.05, 0) is 51.3 Å². The number of nitrogen functional groups attached to an aromatic ring is 1. The minimum Gasteiger partial charge on any atom is -0.428 e. The van der Waals surface area contributed by atoms with Gasteiger partial charge in [-0.3, -0.25) is 0 Å². The maximum atomic E-state index is 11.9. The Morgan fingerprint density at radius 2 is 1.91 bits per heavy atom. The number of hydrogen-bond donors (Lipinski definition) is 1. The number of unbranched alkanes of at least 4 members (excludes halogenated alkanes) is 1. The van der Waals surface area contributed by atoms with Gasteiger partial charge in [0.2, 0.25) is 0 Å². The van der Waals surface area contributed by atoms with E-state index in [0.717, 1.165) is 12.8 Å². The lowest BCUT2D eigenvalue weighted by atomic mass is 10.0. The quantitative estimate of drug-likeness (QED) is 0.365. The smallest absolute Gasteiger partial charge is 0.428 e. The van der Waals surface area contributed by atoms with E-state index in [1.165, 1.54) is 0 Å². The maximum Gasteiger partial charge on any atom is 0.516 e. The Morgan fingerprint density at radius 3 is 2.52 bits per heavy atom. The average molecular weight is 319 g/mol. The van der Waals surface area contributed by atoms with Crippen molar-refractivity contribution in [3.63, 3.8) is 0 Å². The van der Waals surface area contributed by atoms with Gasteiger partial charge in [0.25, 0.3) is 0 Å². The first-order valence-corrected chi connectivity index (χ1v) is 7.73. The summed E-state index contributed by atoms with van der Waals surface area (Å²) in [4.78, 5) is 23.7. The van der Waals surface area contributed by atoms with Crippen LogP contribution in [0.4, 0.5) is 10.5 Å². The maximum absolute atomic E-state index is 11.9. The van der Waals surface area contributed by atoms with Crippen molar-refractivity contribution >= 4 is 23.9 Å². The van der Waals surface area contributed by atoms with Crippen molar-refractivity contribution in [1.82, 2.24) is 0 Å². The average Bonchev–Trinajstić information content (AvgIpc) is 2.46. The SMILES string of the molecule is CCCCC(C)(C)OC(=O)OC(=O)C(C)=Cc1ccccc1N. The van der Waals surface area contributed by atoms with E-state index in [0.29, 0.717) is 17.7 Å². The Balaban J connectivity index is 2.65. The molecule has 0 spiro atoms. The van der Waals surface area contributed by atoms with Crippen LogP contribution in [0, 0.1) is 0 Å². The van der Waals surface area contributed by atoms with Crippen molar-refractivity contribution in [3.05, 3.63) is 35.4 Å². The molecular formula is C18H25NO4. The van der Waals surface area contributed by atoms with Gasteiger partial charge in [-0.15, -0.1) is 0 Å². The normalized spacial score (nSPS) is 11.9. The molecule has 0 unspecified atom stereocenters. The van der Waals surface area contributed by atoms with E-state index >= 15 is 0 Å². The van der Waals surface area contributed by atoms with Crippen LogP contribution in [0.25, 0.3) is 6.08 Å².